The highest BCUT2D eigenvalue weighted by molar-refractivity contribution is 6.31. The molecule has 100 valence electrons. The molecule has 0 radical (unpaired) electrons. The Hall–Kier alpha value is -0.600. The summed E-state index contributed by atoms with van der Waals surface area (Å²) >= 11 is 6.23. The Kier molecular flexibility index (Phi) is 4.63. The number of halogens is 1. The van der Waals surface area contributed by atoms with Crippen LogP contribution in [0.15, 0.2) is 18.5 Å². The molecule has 1 unspecified atom stereocenters. The third-order valence-corrected chi connectivity index (χ3v) is 4.31. The Morgan fingerprint density at radius 3 is 2.89 bits per heavy atom. The summed E-state index contributed by atoms with van der Waals surface area (Å²) in [6, 6.07) is 2.06. The van der Waals surface area contributed by atoms with Crippen molar-refractivity contribution in [2.45, 2.75) is 39.5 Å². The van der Waals surface area contributed by atoms with Gasteiger partial charge in [-0.15, -0.1) is 0 Å². The maximum Gasteiger partial charge on any atom is 0.0621 e. The summed E-state index contributed by atoms with van der Waals surface area (Å²) in [7, 11) is 0. The number of hydrogen-bond donors (Lipinski definition) is 1. The second-order valence-corrected chi connectivity index (χ2v) is 6.16. The Morgan fingerprint density at radius 2 is 2.28 bits per heavy atom. The molecule has 0 saturated heterocycles. The van der Waals surface area contributed by atoms with Crippen LogP contribution in [0.3, 0.4) is 0 Å². The van der Waals surface area contributed by atoms with Gasteiger partial charge in [0.15, 0.2) is 0 Å². The third kappa shape index (κ3) is 3.46. The molecule has 1 heterocycles. The van der Waals surface area contributed by atoms with Crippen LogP contribution < -0.4 is 5.32 Å². The molecule has 2 rings (SSSR count). The molecule has 0 aliphatic heterocycles. The second-order valence-electron chi connectivity index (χ2n) is 5.75. The van der Waals surface area contributed by atoms with Gasteiger partial charge in [0, 0.05) is 18.9 Å². The minimum absolute atomic E-state index is 0.333. The number of aromatic nitrogens is 1. The largest absolute Gasteiger partial charge is 0.316 e. The maximum atomic E-state index is 6.23. The van der Waals surface area contributed by atoms with Gasteiger partial charge in [0.1, 0.15) is 0 Å². The molecular weight excluding hydrogens is 244 g/mol. The Bertz CT molecular complexity index is 390. The zero-order valence-electron chi connectivity index (χ0n) is 11.4. The molecule has 1 aliphatic rings. The van der Waals surface area contributed by atoms with E-state index in [1.807, 2.05) is 6.20 Å². The van der Waals surface area contributed by atoms with Crippen molar-refractivity contribution in [2.75, 3.05) is 13.1 Å². The lowest BCUT2D eigenvalue weighted by Crippen LogP contribution is -2.36. The van der Waals surface area contributed by atoms with Crippen molar-refractivity contribution in [1.82, 2.24) is 10.3 Å². The molecule has 0 aromatic carbocycles. The maximum absolute atomic E-state index is 6.23. The van der Waals surface area contributed by atoms with E-state index in [0.29, 0.717) is 5.41 Å². The first-order valence-corrected chi connectivity index (χ1v) is 7.32. The lowest BCUT2D eigenvalue weighted by Gasteiger charge is -2.30. The minimum atomic E-state index is 0.333. The first-order valence-electron chi connectivity index (χ1n) is 6.95. The Balaban J connectivity index is 2.03. The van der Waals surface area contributed by atoms with Crippen molar-refractivity contribution in [2.24, 2.45) is 11.3 Å². The fourth-order valence-corrected chi connectivity index (χ4v) is 2.85. The number of hydrogen-bond acceptors (Lipinski definition) is 2. The van der Waals surface area contributed by atoms with Crippen molar-refractivity contribution < 1.29 is 0 Å². The number of pyridine rings is 1. The lowest BCUT2D eigenvalue weighted by molar-refractivity contribution is 0.256. The SMILES string of the molecule is CCCNCC(C)(Cc1ccncc1Cl)C1CC1. The van der Waals surface area contributed by atoms with Crippen molar-refractivity contribution in [3.63, 3.8) is 0 Å². The third-order valence-electron chi connectivity index (χ3n) is 3.97. The van der Waals surface area contributed by atoms with Crippen LogP contribution in [-0.2, 0) is 6.42 Å². The van der Waals surface area contributed by atoms with Gasteiger partial charge in [-0.1, -0.05) is 25.4 Å². The summed E-state index contributed by atoms with van der Waals surface area (Å²) in [5, 5.41) is 4.38. The van der Waals surface area contributed by atoms with Gasteiger partial charge in [0.2, 0.25) is 0 Å². The normalized spacial score (nSPS) is 18.6. The van der Waals surface area contributed by atoms with E-state index in [2.05, 4.69) is 30.2 Å². The summed E-state index contributed by atoms with van der Waals surface area (Å²) in [4.78, 5) is 4.06. The average molecular weight is 267 g/mol. The van der Waals surface area contributed by atoms with Crippen molar-refractivity contribution in [3.8, 4) is 0 Å². The van der Waals surface area contributed by atoms with Gasteiger partial charge in [0.25, 0.3) is 0 Å². The quantitative estimate of drug-likeness (QED) is 0.762. The smallest absolute Gasteiger partial charge is 0.0621 e. The molecule has 2 nitrogen and oxygen atoms in total. The molecule has 3 heteroatoms. The summed E-state index contributed by atoms with van der Waals surface area (Å²) in [6.45, 7) is 6.79. The zero-order valence-corrected chi connectivity index (χ0v) is 12.1. The van der Waals surface area contributed by atoms with E-state index in [9.17, 15) is 0 Å². The second kappa shape index (κ2) is 6.03. The highest BCUT2D eigenvalue weighted by atomic mass is 35.5. The van der Waals surface area contributed by atoms with Crippen molar-refractivity contribution in [3.05, 3.63) is 29.0 Å². The first-order chi connectivity index (χ1) is 8.65. The van der Waals surface area contributed by atoms with Gasteiger partial charge in [-0.2, -0.15) is 0 Å². The van der Waals surface area contributed by atoms with E-state index < -0.39 is 0 Å². The molecule has 1 aromatic rings. The fourth-order valence-electron chi connectivity index (χ4n) is 2.66. The molecule has 0 spiro atoms. The van der Waals surface area contributed by atoms with Crippen molar-refractivity contribution in [1.29, 1.82) is 0 Å². The summed E-state index contributed by atoms with van der Waals surface area (Å²) in [5.41, 5.74) is 1.57. The van der Waals surface area contributed by atoms with Crippen LogP contribution in [0.1, 0.15) is 38.7 Å². The van der Waals surface area contributed by atoms with Crippen LogP contribution in [0.4, 0.5) is 0 Å². The van der Waals surface area contributed by atoms with Gasteiger partial charge in [-0.05, 0) is 55.2 Å². The molecule has 1 N–H and O–H groups in total. The molecule has 1 saturated carbocycles. The molecule has 18 heavy (non-hydrogen) atoms. The van der Waals surface area contributed by atoms with E-state index >= 15 is 0 Å². The highest BCUT2D eigenvalue weighted by Crippen LogP contribution is 2.47. The Labute approximate surface area is 115 Å². The van der Waals surface area contributed by atoms with Crippen LogP contribution in [0.2, 0.25) is 5.02 Å². The molecule has 1 aromatic heterocycles. The Morgan fingerprint density at radius 1 is 1.50 bits per heavy atom. The van der Waals surface area contributed by atoms with E-state index in [4.69, 9.17) is 11.6 Å². The van der Waals surface area contributed by atoms with E-state index in [-0.39, 0.29) is 0 Å². The summed E-state index contributed by atoms with van der Waals surface area (Å²) in [6.07, 6.45) is 8.57. The van der Waals surface area contributed by atoms with Crippen LogP contribution in [-0.4, -0.2) is 18.1 Å². The lowest BCUT2D eigenvalue weighted by atomic mass is 9.79. The van der Waals surface area contributed by atoms with Gasteiger partial charge < -0.3 is 5.32 Å². The monoisotopic (exact) mass is 266 g/mol. The molecule has 0 amide bonds. The molecule has 0 bridgehead atoms. The van der Waals surface area contributed by atoms with Crippen LogP contribution in [0.25, 0.3) is 0 Å². The van der Waals surface area contributed by atoms with E-state index in [1.54, 1.807) is 6.20 Å². The predicted octanol–water partition coefficient (Wildman–Crippen LogP) is 3.69. The van der Waals surface area contributed by atoms with Crippen LogP contribution in [0.5, 0.6) is 0 Å². The van der Waals surface area contributed by atoms with Gasteiger partial charge in [-0.25, -0.2) is 0 Å². The van der Waals surface area contributed by atoms with Gasteiger partial charge in [0.05, 0.1) is 5.02 Å². The fraction of sp³-hybridized carbons (Fsp3) is 0.667. The number of rotatable bonds is 7. The number of nitrogens with one attached hydrogen (secondary N) is 1. The summed E-state index contributed by atoms with van der Waals surface area (Å²) < 4.78 is 0. The first kappa shape index (κ1) is 13.8. The summed E-state index contributed by atoms with van der Waals surface area (Å²) in [5.74, 6) is 0.853. The van der Waals surface area contributed by atoms with Crippen LogP contribution >= 0.6 is 11.6 Å². The topological polar surface area (TPSA) is 24.9 Å². The molecule has 1 fully saturated rings. The minimum Gasteiger partial charge on any atom is -0.316 e. The average Bonchev–Trinajstić information content (AvgIpc) is 3.17. The van der Waals surface area contributed by atoms with Crippen LogP contribution in [0, 0.1) is 11.3 Å². The van der Waals surface area contributed by atoms with Gasteiger partial charge in [-0.3, -0.25) is 4.98 Å². The van der Waals surface area contributed by atoms with Crippen molar-refractivity contribution >= 4 is 11.6 Å². The standard InChI is InChI=1S/C15H23ClN2/c1-3-7-18-11-15(2,13-4-5-13)9-12-6-8-17-10-14(12)16/h6,8,10,13,18H,3-5,7,9,11H2,1-2H3. The number of nitrogens with zero attached hydrogens (tertiary/aromatic N) is 1. The zero-order chi connectivity index (χ0) is 13.0. The van der Waals surface area contributed by atoms with E-state index in [0.717, 1.165) is 30.5 Å². The van der Waals surface area contributed by atoms with E-state index in [1.165, 1.54) is 24.8 Å². The molecule has 1 aliphatic carbocycles. The predicted molar refractivity (Wildman–Crippen MR) is 76.9 cm³/mol. The molecule has 1 atom stereocenters. The van der Waals surface area contributed by atoms with Gasteiger partial charge >= 0.3 is 0 Å². The molecular formula is C15H23ClN2. The highest BCUT2D eigenvalue weighted by Gasteiger charge is 2.41.